The van der Waals surface area contributed by atoms with Gasteiger partial charge in [0.25, 0.3) is 0 Å². The summed E-state index contributed by atoms with van der Waals surface area (Å²) >= 11 is 3.78. The van der Waals surface area contributed by atoms with Crippen molar-refractivity contribution >= 4 is 53.0 Å². The van der Waals surface area contributed by atoms with Crippen molar-refractivity contribution in [2.45, 2.75) is 50.8 Å². The molecule has 0 aromatic carbocycles. The fourth-order valence-electron chi connectivity index (χ4n) is 2.77. The average Bonchev–Trinajstić information content (AvgIpc) is 3.04. The Kier molecular flexibility index (Phi) is 9.08. The number of aryl methyl sites for hydroxylation is 2. The molecule has 0 saturated heterocycles. The molecule has 1 aromatic heterocycles. The van der Waals surface area contributed by atoms with Gasteiger partial charge in [-0.3, -0.25) is 4.99 Å². The molecular weight excluding hydrogens is 427 g/mol. The summed E-state index contributed by atoms with van der Waals surface area (Å²) < 4.78 is 0. The van der Waals surface area contributed by atoms with Crippen LogP contribution in [0.4, 0.5) is 0 Å². The number of aromatic nitrogens is 1. The second-order valence-corrected chi connectivity index (χ2v) is 7.93. The third kappa shape index (κ3) is 5.88. The SMILES string of the molecule is CN=C(NCCc1sc(C)nc1C)NC1CCC(SC)C1.I. The zero-order chi connectivity index (χ0) is 15.2. The Balaban J connectivity index is 0.00000242. The minimum absolute atomic E-state index is 0. The van der Waals surface area contributed by atoms with Crippen molar-refractivity contribution in [3.05, 3.63) is 15.6 Å². The summed E-state index contributed by atoms with van der Waals surface area (Å²) in [7, 11) is 1.85. The molecule has 0 bridgehead atoms. The molecule has 1 aromatic rings. The van der Waals surface area contributed by atoms with Gasteiger partial charge in [-0.05, 0) is 39.4 Å². The Morgan fingerprint density at radius 3 is 2.73 bits per heavy atom. The molecule has 1 aliphatic carbocycles. The predicted molar refractivity (Wildman–Crippen MR) is 110 cm³/mol. The Morgan fingerprint density at radius 2 is 2.18 bits per heavy atom. The minimum Gasteiger partial charge on any atom is -0.356 e. The van der Waals surface area contributed by atoms with Crippen molar-refractivity contribution in [3.8, 4) is 0 Å². The van der Waals surface area contributed by atoms with Gasteiger partial charge in [-0.25, -0.2) is 4.98 Å². The lowest BCUT2D eigenvalue weighted by molar-refractivity contribution is 0.615. The van der Waals surface area contributed by atoms with Crippen LogP contribution in [-0.4, -0.2) is 42.1 Å². The maximum absolute atomic E-state index is 4.47. The maximum atomic E-state index is 4.47. The highest BCUT2D eigenvalue weighted by Gasteiger charge is 2.24. The van der Waals surface area contributed by atoms with Gasteiger partial charge in [0.15, 0.2) is 5.96 Å². The summed E-state index contributed by atoms with van der Waals surface area (Å²) in [5.74, 6) is 0.931. The third-order valence-corrected chi connectivity index (χ3v) is 6.15. The van der Waals surface area contributed by atoms with Crippen molar-refractivity contribution in [2.24, 2.45) is 4.99 Å². The number of rotatable bonds is 5. The highest BCUT2D eigenvalue weighted by molar-refractivity contribution is 14.0. The summed E-state index contributed by atoms with van der Waals surface area (Å²) in [4.78, 5) is 10.2. The molecule has 22 heavy (non-hydrogen) atoms. The molecule has 0 amide bonds. The molecule has 1 heterocycles. The molecule has 0 spiro atoms. The van der Waals surface area contributed by atoms with Gasteiger partial charge in [0.05, 0.1) is 10.7 Å². The van der Waals surface area contributed by atoms with E-state index in [9.17, 15) is 0 Å². The van der Waals surface area contributed by atoms with Gasteiger partial charge in [0, 0.05) is 36.2 Å². The summed E-state index contributed by atoms with van der Waals surface area (Å²) in [6, 6.07) is 0.570. The van der Waals surface area contributed by atoms with Gasteiger partial charge in [0.2, 0.25) is 0 Å². The number of nitrogens with zero attached hydrogens (tertiary/aromatic N) is 2. The van der Waals surface area contributed by atoms with Crippen molar-refractivity contribution in [1.29, 1.82) is 0 Å². The number of nitrogens with one attached hydrogen (secondary N) is 2. The smallest absolute Gasteiger partial charge is 0.191 e. The third-order valence-electron chi connectivity index (χ3n) is 3.93. The van der Waals surface area contributed by atoms with Crippen molar-refractivity contribution in [2.75, 3.05) is 19.8 Å². The summed E-state index contributed by atoms with van der Waals surface area (Å²) in [5.41, 5.74) is 1.17. The van der Waals surface area contributed by atoms with Crippen LogP contribution in [0.5, 0.6) is 0 Å². The second kappa shape index (κ2) is 9.97. The first-order valence-electron chi connectivity index (χ1n) is 7.55. The van der Waals surface area contributed by atoms with E-state index in [4.69, 9.17) is 0 Å². The lowest BCUT2D eigenvalue weighted by Gasteiger charge is -2.17. The van der Waals surface area contributed by atoms with E-state index in [2.05, 4.69) is 40.7 Å². The van der Waals surface area contributed by atoms with Gasteiger partial charge in [-0.15, -0.1) is 35.3 Å². The van der Waals surface area contributed by atoms with E-state index in [0.29, 0.717) is 6.04 Å². The van der Waals surface area contributed by atoms with Gasteiger partial charge >= 0.3 is 0 Å². The quantitative estimate of drug-likeness (QED) is 0.407. The molecule has 1 aliphatic rings. The van der Waals surface area contributed by atoms with Crippen LogP contribution < -0.4 is 10.6 Å². The number of guanidine groups is 1. The Morgan fingerprint density at radius 1 is 1.41 bits per heavy atom. The van der Waals surface area contributed by atoms with E-state index < -0.39 is 0 Å². The molecule has 2 N–H and O–H groups in total. The second-order valence-electron chi connectivity index (χ2n) is 5.50. The largest absolute Gasteiger partial charge is 0.356 e. The maximum Gasteiger partial charge on any atom is 0.191 e. The molecule has 2 rings (SSSR count). The summed E-state index contributed by atoms with van der Waals surface area (Å²) in [6.07, 6.45) is 7.03. The van der Waals surface area contributed by atoms with E-state index in [0.717, 1.165) is 29.2 Å². The zero-order valence-electron chi connectivity index (χ0n) is 13.8. The highest BCUT2D eigenvalue weighted by Crippen LogP contribution is 2.28. The summed E-state index contributed by atoms with van der Waals surface area (Å²) in [6.45, 7) is 5.06. The molecule has 0 radical (unpaired) electrons. The van der Waals surface area contributed by atoms with Gasteiger partial charge in [-0.2, -0.15) is 11.8 Å². The van der Waals surface area contributed by atoms with Crippen molar-refractivity contribution in [3.63, 3.8) is 0 Å². The first-order chi connectivity index (χ1) is 10.1. The van der Waals surface area contributed by atoms with E-state index in [1.165, 1.54) is 29.8 Å². The van der Waals surface area contributed by atoms with Crippen LogP contribution in [0, 0.1) is 13.8 Å². The van der Waals surface area contributed by atoms with Crippen LogP contribution in [0.1, 0.15) is 34.8 Å². The number of aliphatic imine (C=N–C) groups is 1. The molecule has 4 nitrogen and oxygen atoms in total. The van der Waals surface area contributed by atoms with Crippen LogP contribution >= 0.6 is 47.1 Å². The van der Waals surface area contributed by atoms with E-state index >= 15 is 0 Å². The van der Waals surface area contributed by atoms with Crippen LogP contribution in [-0.2, 0) is 6.42 Å². The lowest BCUT2D eigenvalue weighted by Crippen LogP contribution is -2.43. The molecule has 2 atom stereocenters. The molecule has 1 fully saturated rings. The zero-order valence-corrected chi connectivity index (χ0v) is 17.8. The standard InChI is InChI=1S/C15H26N4S2.HI/c1-10-14(21-11(2)18-10)7-8-17-15(16-3)19-12-5-6-13(9-12)20-4;/h12-13H,5-9H2,1-4H3,(H2,16,17,19);1H. The van der Waals surface area contributed by atoms with Crippen molar-refractivity contribution < 1.29 is 0 Å². The monoisotopic (exact) mass is 454 g/mol. The van der Waals surface area contributed by atoms with Crippen molar-refractivity contribution in [1.82, 2.24) is 15.6 Å². The van der Waals surface area contributed by atoms with Gasteiger partial charge < -0.3 is 10.6 Å². The molecule has 126 valence electrons. The van der Waals surface area contributed by atoms with Gasteiger partial charge in [-0.1, -0.05) is 0 Å². The topological polar surface area (TPSA) is 49.3 Å². The highest BCUT2D eigenvalue weighted by atomic mass is 127. The lowest BCUT2D eigenvalue weighted by atomic mass is 10.2. The molecular formula is C15H27IN4S2. The Labute approximate surface area is 159 Å². The number of halogens is 1. The number of thioether (sulfide) groups is 1. The van der Waals surface area contributed by atoms with E-state index in [1.54, 1.807) is 11.3 Å². The van der Waals surface area contributed by atoms with Crippen LogP contribution in [0.25, 0.3) is 0 Å². The van der Waals surface area contributed by atoms with Gasteiger partial charge in [0.1, 0.15) is 0 Å². The number of hydrogen-bond donors (Lipinski definition) is 2. The predicted octanol–water partition coefficient (Wildman–Crippen LogP) is 3.37. The Hall–Kier alpha value is -0.0200. The fraction of sp³-hybridized carbons (Fsp3) is 0.733. The molecule has 1 saturated carbocycles. The van der Waals surface area contributed by atoms with E-state index in [-0.39, 0.29) is 24.0 Å². The summed E-state index contributed by atoms with van der Waals surface area (Å²) in [5, 5.41) is 8.94. The van der Waals surface area contributed by atoms with E-state index in [1.807, 2.05) is 18.8 Å². The first kappa shape index (κ1) is 20.0. The minimum atomic E-state index is 0. The normalized spacial score (nSPS) is 21.5. The average molecular weight is 454 g/mol. The van der Waals surface area contributed by atoms with Crippen LogP contribution in [0.2, 0.25) is 0 Å². The fourth-order valence-corrected chi connectivity index (χ4v) is 4.51. The first-order valence-corrected chi connectivity index (χ1v) is 9.65. The molecule has 0 aliphatic heterocycles. The molecule has 2 unspecified atom stereocenters. The Bertz CT molecular complexity index is 490. The molecule has 7 heteroatoms. The number of hydrogen-bond acceptors (Lipinski definition) is 4. The van der Waals surface area contributed by atoms with Crippen LogP contribution in [0.15, 0.2) is 4.99 Å². The van der Waals surface area contributed by atoms with Crippen LogP contribution in [0.3, 0.4) is 0 Å². The number of thiazole rings is 1.